The summed E-state index contributed by atoms with van der Waals surface area (Å²) in [6, 6.07) is 10.2. The lowest BCUT2D eigenvalue weighted by molar-refractivity contribution is -0.127. The lowest BCUT2D eigenvalue weighted by atomic mass is 10.1. The highest BCUT2D eigenvalue weighted by atomic mass is 16.5. The molecule has 23 heavy (non-hydrogen) atoms. The number of nitrogens with one attached hydrogen (secondary N) is 2. The second kappa shape index (κ2) is 10.6. The number of ether oxygens (including phenoxy) is 1. The fraction of sp³-hybridized carbons (Fsp3) is 0.529. The number of methoxy groups -OCH3 is 1. The Bertz CT molecular complexity index is 489. The molecule has 0 aliphatic carbocycles. The molecule has 2 N–H and O–H groups in total. The van der Waals surface area contributed by atoms with Crippen LogP contribution in [0.1, 0.15) is 24.9 Å². The number of carbonyl (C=O) groups is 1. The number of hydrogen-bond donors (Lipinski definition) is 2. The molecular formula is C17H28N4O2. The molecule has 1 rings (SSSR count). The van der Waals surface area contributed by atoms with Gasteiger partial charge < -0.3 is 20.3 Å². The molecule has 6 heteroatoms. The average molecular weight is 320 g/mol. The van der Waals surface area contributed by atoms with Gasteiger partial charge >= 0.3 is 0 Å². The summed E-state index contributed by atoms with van der Waals surface area (Å²) in [7, 11) is 5.13. The minimum absolute atomic E-state index is 0.0321. The van der Waals surface area contributed by atoms with Crippen molar-refractivity contribution in [2.45, 2.75) is 19.4 Å². The van der Waals surface area contributed by atoms with Gasteiger partial charge in [-0.3, -0.25) is 4.79 Å². The first kappa shape index (κ1) is 19.0. The van der Waals surface area contributed by atoms with E-state index < -0.39 is 0 Å². The molecule has 0 saturated heterocycles. The van der Waals surface area contributed by atoms with Crippen LogP contribution in [0.5, 0.6) is 0 Å². The van der Waals surface area contributed by atoms with E-state index in [0.29, 0.717) is 12.6 Å². The van der Waals surface area contributed by atoms with Crippen LogP contribution in [-0.4, -0.2) is 57.7 Å². The van der Waals surface area contributed by atoms with E-state index in [1.165, 1.54) is 4.90 Å². The van der Waals surface area contributed by atoms with Gasteiger partial charge in [-0.25, -0.2) is 4.99 Å². The summed E-state index contributed by atoms with van der Waals surface area (Å²) in [5.74, 6) is 0.600. The van der Waals surface area contributed by atoms with E-state index in [1.807, 2.05) is 18.2 Å². The molecule has 0 aromatic heterocycles. The number of likely N-dealkylation sites (N-methyl/N-ethyl adjacent to an activating group) is 1. The van der Waals surface area contributed by atoms with Crippen molar-refractivity contribution in [3.05, 3.63) is 35.9 Å². The minimum Gasteiger partial charge on any atom is -0.385 e. The van der Waals surface area contributed by atoms with Crippen LogP contribution in [0.15, 0.2) is 35.3 Å². The molecule has 0 spiro atoms. The number of aliphatic imine (C=N–C) groups is 1. The van der Waals surface area contributed by atoms with Gasteiger partial charge in [0.15, 0.2) is 5.96 Å². The van der Waals surface area contributed by atoms with E-state index in [9.17, 15) is 4.79 Å². The lowest BCUT2D eigenvalue weighted by Crippen LogP contribution is -2.40. The van der Waals surface area contributed by atoms with Crippen molar-refractivity contribution in [1.82, 2.24) is 15.5 Å². The first-order valence-corrected chi connectivity index (χ1v) is 7.83. The van der Waals surface area contributed by atoms with Gasteiger partial charge in [-0.15, -0.1) is 0 Å². The Kier molecular flexibility index (Phi) is 8.75. The van der Waals surface area contributed by atoms with E-state index in [0.717, 1.165) is 18.5 Å². The van der Waals surface area contributed by atoms with Crippen LogP contribution in [0.2, 0.25) is 0 Å². The first-order valence-electron chi connectivity index (χ1n) is 7.83. The van der Waals surface area contributed by atoms with Crippen molar-refractivity contribution in [2.24, 2.45) is 4.99 Å². The fourth-order valence-electron chi connectivity index (χ4n) is 1.89. The Morgan fingerprint density at radius 2 is 2.00 bits per heavy atom. The zero-order valence-electron chi connectivity index (χ0n) is 14.5. The van der Waals surface area contributed by atoms with Crippen LogP contribution in [-0.2, 0) is 9.53 Å². The molecule has 0 bridgehead atoms. The van der Waals surface area contributed by atoms with E-state index in [-0.39, 0.29) is 18.5 Å². The Labute approximate surface area is 138 Å². The molecule has 6 nitrogen and oxygen atoms in total. The predicted octanol–water partition coefficient (Wildman–Crippen LogP) is 1.41. The SMILES string of the molecule is COCCCNC(=NCC(=O)N(C)C)NC(C)c1ccccc1. The van der Waals surface area contributed by atoms with Crippen LogP contribution in [0.4, 0.5) is 0 Å². The number of rotatable bonds is 8. The van der Waals surface area contributed by atoms with Gasteiger partial charge in [0.1, 0.15) is 6.54 Å². The van der Waals surface area contributed by atoms with Crippen molar-refractivity contribution < 1.29 is 9.53 Å². The van der Waals surface area contributed by atoms with Crippen molar-refractivity contribution >= 4 is 11.9 Å². The van der Waals surface area contributed by atoms with Gasteiger partial charge in [0, 0.05) is 34.4 Å². The predicted molar refractivity (Wildman–Crippen MR) is 93.5 cm³/mol. The molecule has 1 atom stereocenters. The highest BCUT2D eigenvalue weighted by molar-refractivity contribution is 5.85. The number of amides is 1. The monoisotopic (exact) mass is 320 g/mol. The van der Waals surface area contributed by atoms with E-state index in [1.54, 1.807) is 21.2 Å². The van der Waals surface area contributed by atoms with Crippen LogP contribution >= 0.6 is 0 Å². The summed E-state index contributed by atoms with van der Waals surface area (Å²) in [5.41, 5.74) is 1.16. The fourth-order valence-corrected chi connectivity index (χ4v) is 1.89. The Hall–Kier alpha value is -2.08. The van der Waals surface area contributed by atoms with Crippen LogP contribution in [0, 0.1) is 0 Å². The summed E-state index contributed by atoms with van der Waals surface area (Å²) >= 11 is 0. The molecule has 0 saturated carbocycles. The smallest absolute Gasteiger partial charge is 0.243 e. The van der Waals surface area contributed by atoms with E-state index >= 15 is 0 Å². The van der Waals surface area contributed by atoms with Crippen molar-refractivity contribution in [3.8, 4) is 0 Å². The van der Waals surface area contributed by atoms with Crippen molar-refractivity contribution in [1.29, 1.82) is 0 Å². The van der Waals surface area contributed by atoms with Crippen molar-refractivity contribution in [3.63, 3.8) is 0 Å². The van der Waals surface area contributed by atoms with Crippen LogP contribution < -0.4 is 10.6 Å². The molecule has 1 unspecified atom stereocenters. The lowest BCUT2D eigenvalue weighted by Gasteiger charge is -2.19. The molecule has 1 aromatic rings. The molecule has 1 aromatic carbocycles. The third-order valence-corrected chi connectivity index (χ3v) is 3.34. The molecule has 128 valence electrons. The zero-order chi connectivity index (χ0) is 17.1. The zero-order valence-corrected chi connectivity index (χ0v) is 14.5. The highest BCUT2D eigenvalue weighted by Gasteiger charge is 2.09. The number of nitrogens with zero attached hydrogens (tertiary/aromatic N) is 2. The summed E-state index contributed by atoms with van der Waals surface area (Å²) in [6.07, 6.45) is 0.874. The number of hydrogen-bond acceptors (Lipinski definition) is 3. The second-order valence-electron chi connectivity index (χ2n) is 5.50. The van der Waals surface area contributed by atoms with Gasteiger partial charge in [-0.2, -0.15) is 0 Å². The third kappa shape index (κ3) is 7.65. The molecule has 0 aliphatic rings. The Morgan fingerprint density at radius 1 is 1.30 bits per heavy atom. The maximum Gasteiger partial charge on any atom is 0.243 e. The Balaban J connectivity index is 2.65. The number of carbonyl (C=O) groups excluding carboxylic acids is 1. The average Bonchev–Trinajstić information content (AvgIpc) is 2.56. The van der Waals surface area contributed by atoms with Gasteiger partial charge in [-0.1, -0.05) is 30.3 Å². The van der Waals surface area contributed by atoms with Gasteiger partial charge in [0.05, 0.1) is 6.04 Å². The first-order chi connectivity index (χ1) is 11.0. The number of guanidine groups is 1. The number of benzene rings is 1. The molecule has 0 fully saturated rings. The molecule has 0 radical (unpaired) electrons. The quantitative estimate of drug-likeness (QED) is 0.432. The summed E-state index contributed by atoms with van der Waals surface area (Å²) in [5, 5.41) is 6.57. The topological polar surface area (TPSA) is 66.0 Å². The summed E-state index contributed by atoms with van der Waals surface area (Å²) < 4.78 is 5.04. The maximum atomic E-state index is 11.7. The van der Waals surface area contributed by atoms with Crippen LogP contribution in [0.3, 0.4) is 0 Å². The van der Waals surface area contributed by atoms with Crippen molar-refractivity contribution in [2.75, 3.05) is 40.9 Å². The molecule has 0 heterocycles. The highest BCUT2D eigenvalue weighted by Crippen LogP contribution is 2.10. The standard InChI is InChI=1S/C17H28N4O2/c1-14(15-9-6-5-7-10-15)20-17(18-11-8-12-23-4)19-13-16(22)21(2)3/h5-7,9-10,14H,8,11-13H2,1-4H3,(H2,18,19,20). The second-order valence-corrected chi connectivity index (χ2v) is 5.50. The Morgan fingerprint density at radius 3 is 2.61 bits per heavy atom. The van der Waals surface area contributed by atoms with Gasteiger partial charge in [-0.05, 0) is 18.9 Å². The van der Waals surface area contributed by atoms with E-state index in [2.05, 4.69) is 34.7 Å². The molecule has 0 aliphatic heterocycles. The minimum atomic E-state index is -0.0321. The summed E-state index contributed by atoms with van der Waals surface area (Å²) in [4.78, 5) is 17.6. The van der Waals surface area contributed by atoms with Gasteiger partial charge in [0.25, 0.3) is 0 Å². The van der Waals surface area contributed by atoms with Crippen LogP contribution in [0.25, 0.3) is 0 Å². The third-order valence-electron chi connectivity index (χ3n) is 3.34. The molecule has 1 amide bonds. The van der Waals surface area contributed by atoms with E-state index in [4.69, 9.17) is 4.74 Å². The summed E-state index contributed by atoms with van der Waals surface area (Å²) in [6.45, 7) is 3.60. The molecular weight excluding hydrogens is 292 g/mol. The maximum absolute atomic E-state index is 11.7. The van der Waals surface area contributed by atoms with Gasteiger partial charge in [0.2, 0.25) is 5.91 Å². The normalized spacial score (nSPS) is 12.6. The largest absolute Gasteiger partial charge is 0.385 e.